The van der Waals surface area contributed by atoms with E-state index in [2.05, 4.69) is 0 Å². The lowest BCUT2D eigenvalue weighted by Crippen LogP contribution is -2.38. The van der Waals surface area contributed by atoms with E-state index in [9.17, 15) is 18.0 Å². The van der Waals surface area contributed by atoms with Gasteiger partial charge in [0.25, 0.3) is 5.91 Å². The van der Waals surface area contributed by atoms with Crippen molar-refractivity contribution in [2.45, 2.75) is 39.7 Å². The van der Waals surface area contributed by atoms with Gasteiger partial charge in [0.2, 0.25) is 10.0 Å². The molecule has 25 heavy (non-hydrogen) atoms. The van der Waals surface area contributed by atoms with Crippen LogP contribution in [0.5, 0.6) is 0 Å². The molecule has 1 aromatic rings. The van der Waals surface area contributed by atoms with Gasteiger partial charge in [0, 0.05) is 24.7 Å². The quantitative estimate of drug-likeness (QED) is 0.827. The van der Waals surface area contributed by atoms with Gasteiger partial charge in [0.15, 0.2) is 0 Å². The summed E-state index contributed by atoms with van der Waals surface area (Å²) in [7, 11) is -3.27. The summed E-state index contributed by atoms with van der Waals surface area (Å²) >= 11 is 0. The highest BCUT2D eigenvalue weighted by atomic mass is 32.2. The van der Waals surface area contributed by atoms with Crippen molar-refractivity contribution in [2.24, 2.45) is 0 Å². The number of carboxylic acid groups (broad SMARTS) is 1. The van der Waals surface area contributed by atoms with E-state index in [1.54, 1.807) is 25.1 Å². The third-order valence-corrected chi connectivity index (χ3v) is 6.15. The van der Waals surface area contributed by atoms with Crippen LogP contribution in [0.15, 0.2) is 18.2 Å². The molecule has 2 rings (SSSR count). The minimum absolute atomic E-state index is 0.118. The van der Waals surface area contributed by atoms with E-state index >= 15 is 0 Å². The minimum Gasteiger partial charge on any atom is -0.481 e. The van der Waals surface area contributed by atoms with Crippen molar-refractivity contribution in [1.82, 2.24) is 4.90 Å². The molecule has 1 saturated heterocycles. The van der Waals surface area contributed by atoms with Crippen LogP contribution in [0.4, 0.5) is 5.69 Å². The van der Waals surface area contributed by atoms with Gasteiger partial charge in [0.05, 0.1) is 17.9 Å². The van der Waals surface area contributed by atoms with Gasteiger partial charge in [0.1, 0.15) is 0 Å². The normalized spacial score (nSPS) is 16.2. The topological polar surface area (TPSA) is 95.0 Å². The Morgan fingerprint density at radius 2 is 2.00 bits per heavy atom. The average Bonchev–Trinajstić information content (AvgIpc) is 2.85. The molecular weight excluding hydrogens is 344 g/mol. The zero-order chi connectivity index (χ0) is 18.8. The molecule has 0 radical (unpaired) electrons. The summed E-state index contributed by atoms with van der Waals surface area (Å²) in [4.78, 5) is 25.1. The van der Waals surface area contributed by atoms with E-state index in [0.717, 1.165) is 0 Å². The Morgan fingerprint density at radius 1 is 1.32 bits per heavy atom. The molecule has 0 spiro atoms. The van der Waals surface area contributed by atoms with Crippen LogP contribution in [-0.4, -0.2) is 55.2 Å². The first-order valence-corrected chi connectivity index (χ1v) is 9.88. The number of nitrogens with zero attached hydrogens (tertiary/aromatic N) is 2. The Kier molecular flexibility index (Phi) is 5.72. The Bertz CT molecular complexity index is 773. The van der Waals surface area contributed by atoms with Crippen LogP contribution >= 0.6 is 0 Å². The predicted octanol–water partition coefficient (Wildman–Crippen LogP) is 1.86. The van der Waals surface area contributed by atoms with Gasteiger partial charge in [-0.25, -0.2) is 8.42 Å². The molecule has 7 nitrogen and oxygen atoms in total. The maximum absolute atomic E-state index is 12.8. The van der Waals surface area contributed by atoms with Gasteiger partial charge >= 0.3 is 5.97 Å². The molecular formula is C17H24N2O5S. The molecule has 8 heteroatoms. The lowest BCUT2D eigenvalue weighted by molar-refractivity contribution is -0.137. The molecule has 0 aliphatic carbocycles. The Labute approximate surface area is 148 Å². The largest absolute Gasteiger partial charge is 0.481 e. The van der Waals surface area contributed by atoms with Crippen LogP contribution in [0, 0.1) is 6.92 Å². The molecule has 1 heterocycles. The molecule has 0 bridgehead atoms. The first kappa shape index (κ1) is 19.2. The van der Waals surface area contributed by atoms with Crippen molar-refractivity contribution in [2.75, 3.05) is 23.1 Å². The molecule has 1 aliphatic rings. The second-order valence-electron chi connectivity index (χ2n) is 6.48. The monoisotopic (exact) mass is 368 g/mol. The number of anilines is 1. The number of aliphatic carboxylic acids is 1. The zero-order valence-electron chi connectivity index (χ0n) is 14.7. The lowest BCUT2D eigenvalue weighted by atomic mass is 10.1. The van der Waals surface area contributed by atoms with Crippen molar-refractivity contribution in [3.63, 3.8) is 0 Å². The Balaban J connectivity index is 2.27. The minimum atomic E-state index is -3.27. The second kappa shape index (κ2) is 7.43. The van der Waals surface area contributed by atoms with Gasteiger partial charge in [-0.3, -0.25) is 13.9 Å². The third-order valence-electron chi connectivity index (χ3n) is 4.28. The van der Waals surface area contributed by atoms with Crippen molar-refractivity contribution >= 4 is 27.6 Å². The maximum Gasteiger partial charge on any atom is 0.305 e. The molecule has 1 aromatic carbocycles. The van der Waals surface area contributed by atoms with Crippen molar-refractivity contribution < 1.29 is 23.1 Å². The van der Waals surface area contributed by atoms with Crippen LogP contribution in [0.25, 0.3) is 0 Å². The molecule has 138 valence electrons. The predicted molar refractivity (Wildman–Crippen MR) is 95.4 cm³/mol. The SMILES string of the molecule is Cc1cc(N2CCCS2(=O)=O)ccc1C(=O)N(CCC(=O)O)C(C)C. The van der Waals surface area contributed by atoms with Crippen molar-refractivity contribution in [1.29, 1.82) is 0 Å². The molecule has 1 N–H and O–H groups in total. The molecule has 0 saturated carbocycles. The summed E-state index contributed by atoms with van der Waals surface area (Å²) in [6.45, 7) is 6.01. The van der Waals surface area contributed by atoms with E-state index in [0.29, 0.717) is 29.8 Å². The summed E-state index contributed by atoms with van der Waals surface area (Å²) in [5, 5.41) is 8.86. The number of rotatable bonds is 6. The standard InChI is InChI=1S/C17H24N2O5S/c1-12(2)18(9-7-16(20)21)17(22)15-6-5-14(11-13(15)3)19-8-4-10-25(19,23)24/h5-6,11-12H,4,7-10H2,1-3H3,(H,20,21). The number of amides is 1. The molecule has 0 unspecified atom stereocenters. The van der Waals surface area contributed by atoms with Gasteiger partial charge in [-0.1, -0.05) is 0 Å². The Morgan fingerprint density at radius 3 is 2.48 bits per heavy atom. The van der Waals surface area contributed by atoms with E-state index in [1.807, 2.05) is 13.8 Å². The number of sulfonamides is 1. The highest BCUT2D eigenvalue weighted by Crippen LogP contribution is 2.27. The van der Waals surface area contributed by atoms with Crippen LogP contribution in [-0.2, 0) is 14.8 Å². The fourth-order valence-electron chi connectivity index (χ4n) is 2.94. The smallest absolute Gasteiger partial charge is 0.305 e. The molecule has 1 amide bonds. The molecule has 1 aliphatic heterocycles. The maximum atomic E-state index is 12.8. The first-order valence-electron chi connectivity index (χ1n) is 8.27. The molecule has 0 atom stereocenters. The van der Waals surface area contributed by atoms with E-state index in [4.69, 9.17) is 5.11 Å². The average molecular weight is 368 g/mol. The number of carboxylic acids is 1. The molecule has 0 aromatic heterocycles. The number of hydrogen-bond acceptors (Lipinski definition) is 4. The fraction of sp³-hybridized carbons (Fsp3) is 0.529. The third kappa shape index (κ3) is 4.31. The van der Waals surface area contributed by atoms with Gasteiger partial charge in [-0.15, -0.1) is 0 Å². The summed E-state index contributed by atoms with van der Waals surface area (Å²) in [5.74, 6) is -1.06. The summed E-state index contributed by atoms with van der Waals surface area (Å²) in [5.41, 5.74) is 1.69. The number of hydrogen-bond donors (Lipinski definition) is 1. The zero-order valence-corrected chi connectivity index (χ0v) is 15.5. The van der Waals surface area contributed by atoms with Crippen LogP contribution in [0.3, 0.4) is 0 Å². The Hall–Kier alpha value is -2.09. The van der Waals surface area contributed by atoms with Crippen LogP contribution < -0.4 is 4.31 Å². The highest BCUT2D eigenvalue weighted by Gasteiger charge is 2.29. The summed E-state index contributed by atoms with van der Waals surface area (Å²) in [6.07, 6.45) is 0.478. The highest BCUT2D eigenvalue weighted by molar-refractivity contribution is 7.93. The van der Waals surface area contributed by atoms with Gasteiger partial charge < -0.3 is 10.0 Å². The fourth-order valence-corrected chi connectivity index (χ4v) is 4.49. The second-order valence-corrected chi connectivity index (χ2v) is 8.49. The van der Waals surface area contributed by atoms with E-state index < -0.39 is 16.0 Å². The summed E-state index contributed by atoms with van der Waals surface area (Å²) in [6, 6.07) is 4.83. The number of benzene rings is 1. The number of carbonyl (C=O) groups is 2. The van der Waals surface area contributed by atoms with E-state index in [-0.39, 0.29) is 30.7 Å². The number of aryl methyl sites for hydroxylation is 1. The van der Waals surface area contributed by atoms with Crippen molar-refractivity contribution in [3.8, 4) is 0 Å². The van der Waals surface area contributed by atoms with Crippen LogP contribution in [0.2, 0.25) is 0 Å². The summed E-state index contributed by atoms with van der Waals surface area (Å²) < 4.78 is 25.4. The molecule has 1 fully saturated rings. The van der Waals surface area contributed by atoms with E-state index in [1.165, 1.54) is 9.21 Å². The van der Waals surface area contributed by atoms with Crippen LogP contribution in [0.1, 0.15) is 42.6 Å². The lowest BCUT2D eigenvalue weighted by Gasteiger charge is -2.27. The van der Waals surface area contributed by atoms with Gasteiger partial charge in [-0.2, -0.15) is 0 Å². The number of carbonyl (C=O) groups excluding carboxylic acids is 1. The first-order chi connectivity index (χ1) is 11.6. The van der Waals surface area contributed by atoms with Gasteiger partial charge in [-0.05, 0) is 51.0 Å². The van der Waals surface area contributed by atoms with Crippen molar-refractivity contribution in [3.05, 3.63) is 29.3 Å².